The third-order valence-corrected chi connectivity index (χ3v) is 6.47. The van der Waals surface area contributed by atoms with Gasteiger partial charge in [0.25, 0.3) is 0 Å². The number of nitrogens with zero attached hydrogens (tertiary/aromatic N) is 2. The Morgan fingerprint density at radius 3 is 2.43 bits per heavy atom. The number of likely N-dealkylation sites (tertiary alicyclic amines) is 1. The molecule has 5 nitrogen and oxygen atoms in total. The highest BCUT2D eigenvalue weighted by Crippen LogP contribution is 2.26. The van der Waals surface area contributed by atoms with Crippen molar-refractivity contribution in [1.29, 1.82) is 0 Å². The van der Waals surface area contributed by atoms with E-state index in [2.05, 4.69) is 4.90 Å². The van der Waals surface area contributed by atoms with Crippen LogP contribution < -0.4 is 0 Å². The molecule has 1 aromatic carbocycles. The van der Waals surface area contributed by atoms with Crippen molar-refractivity contribution in [2.75, 3.05) is 37.7 Å². The maximum absolute atomic E-state index is 12.5. The zero-order valence-electron chi connectivity index (χ0n) is 13.4. The van der Waals surface area contributed by atoms with Gasteiger partial charge in [-0.05, 0) is 24.8 Å². The third-order valence-electron chi connectivity index (χ3n) is 4.73. The van der Waals surface area contributed by atoms with Crippen LogP contribution in [0, 0.1) is 0 Å². The van der Waals surface area contributed by atoms with Crippen molar-refractivity contribution >= 4 is 15.7 Å². The molecule has 0 bridgehead atoms. The van der Waals surface area contributed by atoms with Crippen molar-refractivity contribution in [2.45, 2.75) is 25.3 Å². The van der Waals surface area contributed by atoms with E-state index < -0.39 is 9.84 Å². The highest BCUT2D eigenvalue weighted by Gasteiger charge is 2.32. The molecule has 23 heavy (non-hydrogen) atoms. The van der Waals surface area contributed by atoms with Gasteiger partial charge in [-0.15, -0.1) is 0 Å². The van der Waals surface area contributed by atoms with Gasteiger partial charge in [0.1, 0.15) is 0 Å². The maximum Gasteiger partial charge on any atom is 0.236 e. The Kier molecular flexibility index (Phi) is 5.02. The molecule has 6 heteroatoms. The van der Waals surface area contributed by atoms with E-state index in [4.69, 9.17) is 0 Å². The predicted octanol–water partition coefficient (Wildman–Crippen LogP) is 1.47. The average molecular weight is 336 g/mol. The van der Waals surface area contributed by atoms with Gasteiger partial charge in [-0.1, -0.05) is 30.3 Å². The normalized spacial score (nSPS) is 25.2. The molecule has 0 aliphatic carbocycles. The van der Waals surface area contributed by atoms with Gasteiger partial charge in [-0.2, -0.15) is 0 Å². The SMILES string of the molecule is O=C(CN1CCCS(=O)(=O)CC1c1ccccc1)N1CCCC1. The molecule has 1 aromatic rings. The minimum Gasteiger partial charge on any atom is -0.342 e. The van der Waals surface area contributed by atoms with Crippen LogP contribution in [-0.2, 0) is 14.6 Å². The molecule has 1 unspecified atom stereocenters. The summed E-state index contributed by atoms with van der Waals surface area (Å²) in [5.41, 5.74) is 0.979. The highest BCUT2D eigenvalue weighted by molar-refractivity contribution is 7.91. The zero-order valence-corrected chi connectivity index (χ0v) is 14.2. The predicted molar refractivity (Wildman–Crippen MR) is 89.8 cm³/mol. The van der Waals surface area contributed by atoms with Gasteiger partial charge in [0.05, 0.1) is 18.1 Å². The average Bonchev–Trinajstić information content (AvgIpc) is 3.02. The van der Waals surface area contributed by atoms with E-state index in [0.29, 0.717) is 19.5 Å². The largest absolute Gasteiger partial charge is 0.342 e. The van der Waals surface area contributed by atoms with E-state index in [0.717, 1.165) is 31.5 Å². The topological polar surface area (TPSA) is 57.7 Å². The number of carbonyl (C=O) groups excluding carboxylic acids is 1. The number of hydrogen-bond acceptors (Lipinski definition) is 4. The molecule has 126 valence electrons. The molecule has 1 amide bonds. The summed E-state index contributed by atoms with van der Waals surface area (Å²) in [5.74, 6) is 0.442. The summed E-state index contributed by atoms with van der Waals surface area (Å²) in [6.07, 6.45) is 2.74. The number of carbonyl (C=O) groups is 1. The molecule has 1 atom stereocenters. The van der Waals surface area contributed by atoms with E-state index in [1.807, 2.05) is 35.2 Å². The fraction of sp³-hybridized carbons (Fsp3) is 0.588. The summed E-state index contributed by atoms with van der Waals surface area (Å²) in [5, 5.41) is 0. The van der Waals surface area contributed by atoms with E-state index >= 15 is 0 Å². The smallest absolute Gasteiger partial charge is 0.236 e. The van der Waals surface area contributed by atoms with Crippen LogP contribution in [0.15, 0.2) is 30.3 Å². The number of rotatable bonds is 3. The first-order chi connectivity index (χ1) is 11.1. The second-order valence-electron chi connectivity index (χ2n) is 6.45. The monoisotopic (exact) mass is 336 g/mol. The van der Waals surface area contributed by atoms with Crippen molar-refractivity contribution in [3.05, 3.63) is 35.9 Å². The first-order valence-corrected chi connectivity index (χ1v) is 10.1. The summed E-state index contributed by atoms with van der Waals surface area (Å²) < 4.78 is 24.4. The Hall–Kier alpha value is -1.40. The summed E-state index contributed by atoms with van der Waals surface area (Å²) in [7, 11) is -3.07. The standard InChI is InChI=1S/C17H24N2O3S/c20-17(18-9-4-5-10-18)13-19-11-6-12-23(21,22)14-16(19)15-7-2-1-3-8-15/h1-3,7-8,16H,4-6,9-14H2. The van der Waals surface area contributed by atoms with Crippen LogP contribution in [0.2, 0.25) is 0 Å². The molecule has 2 heterocycles. The summed E-state index contributed by atoms with van der Waals surface area (Å²) in [6, 6.07) is 9.46. The van der Waals surface area contributed by atoms with Gasteiger partial charge in [0, 0.05) is 25.7 Å². The number of amides is 1. The molecule has 0 spiro atoms. The molecule has 0 radical (unpaired) electrons. The Morgan fingerprint density at radius 2 is 1.74 bits per heavy atom. The molecule has 2 fully saturated rings. The fourth-order valence-electron chi connectivity index (χ4n) is 3.48. The molecule has 2 aliphatic heterocycles. The van der Waals surface area contributed by atoms with Gasteiger partial charge in [0.15, 0.2) is 9.84 Å². The second kappa shape index (κ2) is 7.01. The van der Waals surface area contributed by atoms with Crippen LogP contribution in [0.3, 0.4) is 0 Å². The lowest BCUT2D eigenvalue weighted by molar-refractivity contribution is -0.131. The third kappa shape index (κ3) is 4.12. The molecular formula is C17H24N2O3S. The molecular weight excluding hydrogens is 312 g/mol. The Balaban J connectivity index is 1.81. The summed E-state index contributed by atoms with van der Waals surface area (Å²) in [6.45, 7) is 2.63. The van der Waals surface area contributed by atoms with Crippen molar-refractivity contribution in [3.8, 4) is 0 Å². The minimum atomic E-state index is -3.07. The number of sulfone groups is 1. The quantitative estimate of drug-likeness (QED) is 0.839. The Bertz CT molecular complexity index is 639. The molecule has 2 saturated heterocycles. The molecule has 0 N–H and O–H groups in total. The van der Waals surface area contributed by atoms with E-state index in [1.165, 1.54) is 0 Å². The second-order valence-corrected chi connectivity index (χ2v) is 8.68. The lowest BCUT2D eigenvalue weighted by atomic mass is 10.1. The number of hydrogen-bond donors (Lipinski definition) is 0. The van der Waals surface area contributed by atoms with Gasteiger partial charge in [-0.3, -0.25) is 9.69 Å². The minimum absolute atomic E-state index is 0.101. The van der Waals surface area contributed by atoms with Gasteiger partial charge in [-0.25, -0.2) is 8.42 Å². The van der Waals surface area contributed by atoms with Gasteiger partial charge >= 0.3 is 0 Å². The van der Waals surface area contributed by atoms with E-state index in [1.54, 1.807) is 0 Å². The van der Waals surface area contributed by atoms with E-state index in [-0.39, 0.29) is 23.5 Å². The molecule has 2 aliphatic rings. The fourth-order valence-corrected chi connectivity index (χ4v) is 5.10. The summed E-state index contributed by atoms with van der Waals surface area (Å²) >= 11 is 0. The molecule has 3 rings (SSSR count). The Morgan fingerprint density at radius 1 is 1.04 bits per heavy atom. The van der Waals surface area contributed by atoms with Crippen LogP contribution in [0.1, 0.15) is 30.9 Å². The van der Waals surface area contributed by atoms with Crippen LogP contribution in [0.25, 0.3) is 0 Å². The van der Waals surface area contributed by atoms with Gasteiger partial charge in [0.2, 0.25) is 5.91 Å². The molecule has 0 aromatic heterocycles. The first-order valence-electron chi connectivity index (χ1n) is 8.32. The van der Waals surface area contributed by atoms with Crippen LogP contribution in [0.5, 0.6) is 0 Å². The maximum atomic E-state index is 12.5. The zero-order chi connectivity index (χ0) is 16.3. The van der Waals surface area contributed by atoms with Crippen molar-refractivity contribution in [3.63, 3.8) is 0 Å². The van der Waals surface area contributed by atoms with Crippen molar-refractivity contribution in [2.24, 2.45) is 0 Å². The summed E-state index contributed by atoms with van der Waals surface area (Å²) in [4.78, 5) is 16.5. The van der Waals surface area contributed by atoms with Crippen LogP contribution in [0.4, 0.5) is 0 Å². The highest BCUT2D eigenvalue weighted by atomic mass is 32.2. The van der Waals surface area contributed by atoms with Crippen LogP contribution >= 0.6 is 0 Å². The van der Waals surface area contributed by atoms with Gasteiger partial charge < -0.3 is 4.90 Å². The number of benzene rings is 1. The van der Waals surface area contributed by atoms with Crippen molar-refractivity contribution < 1.29 is 13.2 Å². The lowest BCUT2D eigenvalue weighted by Gasteiger charge is -2.30. The van der Waals surface area contributed by atoms with Crippen molar-refractivity contribution in [1.82, 2.24) is 9.80 Å². The lowest BCUT2D eigenvalue weighted by Crippen LogP contribution is -2.41. The first kappa shape index (κ1) is 16.5. The van der Waals surface area contributed by atoms with Crippen LogP contribution in [-0.4, -0.2) is 61.8 Å². The molecule has 0 saturated carbocycles. The van der Waals surface area contributed by atoms with E-state index in [9.17, 15) is 13.2 Å². The Labute approximate surface area is 138 Å².